The minimum Gasteiger partial charge on any atom is -0.355 e. The van der Waals surface area contributed by atoms with Crippen molar-refractivity contribution in [3.63, 3.8) is 0 Å². The molecule has 0 saturated carbocycles. The van der Waals surface area contributed by atoms with E-state index in [1.807, 2.05) is 0 Å². The average molecular weight is 359 g/mol. The Bertz CT molecular complexity index is 934. The fourth-order valence-electron chi connectivity index (χ4n) is 2.80. The van der Waals surface area contributed by atoms with Gasteiger partial charge in [-0.3, -0.25) is 4.79 Å². The zero-order valence-corrected chi connectivity index (χ0v) is 13.6. The van der Waals surface area contributed by atoms with Crippen molar-refractivity contribution in [2.24, 2.45) is 0 Å². The Morgan fingerprint density at radius 2 is 1.96 bits per heavy atom. The number of anilines is 2. The van der Waals surface area contributed by atoms with E-state index < -0.39 is 11.8 Å². The van der Waals surface area contributed by atoms with Crippen molar-refractivity contribution in [2.75, 3.05) is 23.3 Å². The molecule has 1 saturated heterocycles. The summed E-state index contributed by atoms with van der Waals surface area (Å²) >= 11 is 0. The van der Waals surface area contributed by atoms with Crippen molar-refractivity contribution < 1.29 is 13.6 Å². The second-order valence-electron chi connectivity index (χ2n) is 6.00. The van der Waals surface area contributed by atoms with Crippen LogP contribution in [0.1, 0.15) is 23.3 Å². The van der Waals surface area contributed by atoms with Crippen LogP contribution in [0.15, 0.2) is 36.9 Å². The van der Waals surface area contributed by atoms with Crippen LogP contribution in [-0.4, -0.2) is 49.5 Å². The van der Waals surface area contributed by atoms with Gasteiger partial charge >= 0.3 is 0 Å². The fraction of sp³-hybridized carbons (Fsp3) is 0.312. The van der Waals surface area contributed by atoms with Gasteiger partial charge in [-0.25, -0.2) is 28.2 Å². The number of piperidine rings is 1. The molecule has 1 N–H and O–H groups in total. The van der Waals surface area contributed by atoms with Crippen LogP contribution in [0.3, 0.4) is 0 Å². The van der Waals surface area contributed by atoms with E-state index >= 15 is 0 Å². The molecular weight excluding hydrogens is 344 g/mol. The molecule has 4 rings (SSSR count). The highest BCUT2D eigenvalue weighted by molar-refractivity contribution is 6.02. The van der Waals surface area contributed by atoms with Gasteiger partial charge in [-0.1, -0.05) is 0 Å². The lowest BCUT2D eigenvalue weighted by atomic mass is 10.1. The third kappa shape index (κ3) is 3.17. The Morgan fingerprint density at radius 3 is 2.69 bits per heavy atom. The Kier molecular flexibility index (Phi) is 3.94. The molecule has 3 aromatic heterocycles. The number of rotatable bonds is 3. The number of fused-ring (bicyclic) bond motifs is 1. The van der Waals surface area contributed by atoms with Crippen molar-refractivity contribution >= 4 is 23.2 Å². The Hall–Kier alpha value is -3.17. The normalized spacial score (nSPS) is 16.6. The van der Waals surface area contributed by atoms with Crippen LogP contribution in [0.5, 0.6) is 0 Å². The topological polar surface area (TPSA) is 88.3 Å². The van der Waals surface area contributed by atoms with Crippen LogP contribution < -0.4 is 10.2 Å². The van der Waals surface area contributed by atoms with Crippen LogP contribution in [0.2, 0.25) is 0 Å². The Labute approximate surface area is 146 Å². The maximum atomic E-state index is 13.3. The summed E-state index contributed by atoms with van der Waals surface area (Å²) < 4.78 is 28.1. The Morgan fingerprint density at radius 1 is 1.15 bits per heavy atom. The fourth-order valence-corrected chi connectivity index (χ4v) is 2.80. The van der Waals surface area contributed by atoms with E-state index in [9.17, 15) is 13.6 Å². The smallest absolute Gasteiger partial charge is 0.277 e. The van der Waals surface area contributed by atoms with Gasteiger partial charge in [-0.15, -0.1) is 5.10 Å². The predicted molar refractivity (Wildman–Crippen MR) is 89.4 cm³/mol. The summed E-state index contributed by atoms with van der Waals surface area (Å²) in [4.78, 5) is 26.1. The highest BCUT2D eigenvalue weighted by Gasteiger charge is 2.34. The quantitative estimate of drug-likeness (QED) is 0.770. The molecular formula is C16H15F2N7O. The molecule has 0 atom stereocenters. The van der Waals surface area contributed by atoms with Crippen molar-refractivity contribution in [2.45, 2.75) is 18.8 Å². The SMILES string of the molecule is O=C(Nc1ccncn1)c1cnc2ccc(N3CCC(F)(F)CC3)nn12. The zero-order chi connectivity index (χ0) is 18.1. The van der Waals surface area contributed by atoms with Crippen LogP contribution in [0.25, 0.3) is 5.65 Å². The van der Waals surface area contributed by atoms with Gasteiger partial charge in [0.05, 0.1) is 6.20 Å². The van der Waals surface area contributed by atoms with Crippen LogP contribution in [0, 0.1) is 0 Å². The first-order chi connectivity index (χ1) is 12.5. The minimum atomic E-state index is -2.63. The van der Waals surface area contributed by atoms with Crippen molar-refractivity contribution in [3.8, 4) is 0 Å². The number of hydrogen-bond donors (Lipinski definition) is 1. The minimum absolute atomic E-state index is 0.211. The van der Waals surface area contributed by atoms with Gasteiger partial charge < -0.3 is 10.2 Å². The first-order valence-electron chi connectivity index (χ1n) is 8.07. The van der Waals surface area contributed by atoms with Gasteiger partial charge in [0.1, 0.15) is 18.0 Å². The molecule has 10 heteroatoms. The molecule has 3 aromatic rings. The largest absolute Gasteiger partial charge is 0.355 e. The van der Waals surface area contributed by atoms with Gasteiger partial charge in [0.2, 0.25) is 0 Å². The third-order valence-electron chi connectivity index (χ3n) is 4.22. The molecule has 1 aliphatic rings. The molecule has 26 heavy (non-hydrogen) atoms. The van der Waals surface area contributed by atoms with E-state index in [0.717, 1.165) is 0 Å². The van der Waals surface area contributed by atoms with Gasteiger partial charge in [-0.05, 0) is 18.2 Å². The number of alkyl halides is 2. The second-order valence-corrected chi connectivity index (χ2v) is 6.00. The van der Waals surface area contributed by atoms with Gasteiger partial charge in [0, 0.05) is 32.1 Å². The summed E-state index contributed by atoms with van der Waals surface area (Å²) in [5.74, 6) is -2.17. The van der Waals surface area contributed by atoms with Gasteiger partial charge in [0.25, 0.3) is 11.8 Å². The maximum Gasteiger partial charge on any atom is 0.277 e. The van der Waals surface area contributed by atoms with E-state index in [4.69, 9.17) is 0 Å². The van der Waals surface area contributed by atoms with Crippen LogP contribution in [-0.2, 0) is 0 Å². The lowest BCUT2D eigenvalue weighted by Gasteiger charge is -2.32. The number of carbonyl (C=O) groups excluding carboxylic acids is 1. The molecule has 0 unspecified atom stereocenters. The molecule has 1 aliphatic heterocycles. The van der Waals surface area contributed by atoms with Crippen LogP contribution >= 0.6 is 0 Å². The monoisotopic (exact) mass is 359 g/mol. The number of carbonyl (C=O) groups is 1. The number of nitrogens with zero attached hydrogens (tertiary/aromatic N) is 6. The molecule has 4 heterocycles. The van der Waals surface area contributed by atoms with E-state index in [0.29, 0.717) is 17.3 Å². The highest BCUT2D eigenvalue weighted by Crippen LogP contribution is 2.29. The number of aromatic nitrogens is 5. The molecule has 0 spiro atoms. The first kappa shape index (κ1) is 16.3. The predicted octanol–water partition coefficient (Wildman–Crippen LogP) is 2.01. The summed E-state index contributed by atoms with van der Waals surface area (Å²) in [6, 6.07) is 4.99. The summed E-state index contributed by atoms with van der Waals surface area (Å²) in [7, 11) is 0. The summed E-state index contributed by atoms with van der Waals surface area (Å²) in [5.41, 5.74) is 0.715. The average Bonchev–Trinajstić information content (AvgIpc) is 3.06. The van der Waals surface area contributed by atoms with E-state index in [2.05, 4.69) is 25.4 Å². The van der Waals surface area contributed by atoms with E-state index in [1.54, 1.807) is 23.1 Å². The summed E-state index contributed by atoms with van der Waals surface area (Å²) in [6.07, 6.45) is 3.83. The molecule has 8 nitrogen and oxygen atoms in total. The first-order valence-corrected chi connectivity index (χ1v) is 8.07. The van der Waals surface area contributed by atoms with Crippen molar-refractivity contribution in [3.05, 3.63) is 42.6 Å². The number of halogens is 2. The zero-order valence-electron chi connectivity index (χ0n) is 13.6. The molecule has 1 amide bonds. The number of amides is 1. The molecule has 1 fully saturated rings. The lowest BCUT2D eigenvalue weighted by Crippen LogP contribution is -2.40. The summed E-state index contributed by atoms with van der Waals surface area (Å²) in [5, 5.41) is 7.05. The van der Waals surface area contributed by atoms with E-state index in [-0.39, 0.29) is 31.6 Å². The van der Waals surface area contributed by atoms with Crippen LogP contribution in [0.4, 0.5) is 20.4 Å². The number of imidazole rings is 1. The lowest BCUT2D eigenvalue weighted by molar-refractivity contribution is -0.0221. The molecule has 134 valence electrons. The molecule has 0 bridgehead atoms. The van der Waals surface area contributed by atoms with E-state index in [1.165, 1.54) is 23.2 Å². The molecule has 0 aromatic carbocycles. The van der Waals surface area contributed by atoms with Crippen molar-refractivity contribution in [1.82, 2.24) is 24.6 Å². The molecule has 0 radical (unpaired) electrons. The van der Waals surface area contributed by atoms with Gasteiger partial charge in [-0.2, -0.15) is 0 Å². The molecule has 0 aliphatic carbocycles. The number of nitrogens with one attached hydrogen (secondary N) is 1. The summed E-state index contributed by atoms with van der Waals surface area (Å²) in [6.45, 7) is 0.422. The second kappa shape index (κ2) is 6.28. The Balaban J connectivity index is 1.60. The standard InChI is InChI=1S/C16H15F2N7O/c17-16(18)4-7-24(8-5-16)14-2-1-13-20-9-11(25(13)23-14)15(26)22-12-3-6-19-10-21-12/h1-3,6,9-10H,4-5,7-8H2,(H,19,21,22,26). The van der Waals surface area contributed by atoms with Crippen molar-refractivity contribution in [1.29, 1.82) is 0 Å². The van der Waals surface area contributed by atoms with Gasteiger partial charge in [0.15, 0.2) is 11.3 Å². The highest BCUT2D eigenvalue weighted by atomic mass is 19.3. The maximum absolute atomic E-state index is 13.3. The number of hydrogen-bond acceptors (Lipinski definition) is 6. The third-order valence-corrected chi connectivity index (χ3v) is 4.22.